The lowest BCUT2D eigenvalue weighted by Gasteiger charge is -2.15. The number of nitrogens with zero attached hydrogens (tertiary/aromatic N) is 2. The number of nitro groups is 1. The molecule has 1 heterocycles. The third kappa shape index (κ3) is 4.31. The van der Waals surface area contributed by atoms with Gasteiger partial charge in [0.1, 0.15) is 0 Å². The fourth-order valence-corrected chi connectivity index (χ4v) is 3.61. The summed E-state index contributed by atoms with van der Waals surface area (Å²) in [5.74, 6) is 0.999. The van der Waals surface area contributed by atoms with Crippen LogP contribution in [0.1, 0.15) is 10.4 Å². The van der Waals surface area contributed by atoms with Gasteiger partial charge in [0.2, 0.25) is 5.75 Å². The van der Waals surface area contributed by atoms with Gasteiger partial charge in [-0.1, -0.05) is 18.2 Å². The summed E-state index contributed by atoms with van der Waals surface area (Å²) in [5, 5.41) is 14.4. The van der Waals surface area contributed by atoms with Gasteiger partial charge >= 0.3 is 0 Å². The molecule has 0 fully saturated rings. The average molecular weight is 459 g/mol. The molecule has 0 aliphatic heterocycles. The average Bonchev–Trinajstić information content (AvgIpc) is 2.87. The Labute approximate surface area is 195 Å². The number of anilines is 1. The first-order valence-electron chi connectivity index (χ1n) is 10.2. The summed E-state index contributed by atoms with van der Waals surface area (Å²) in [7, 11) is 4.57. The van der Waals surface area contributed by atoms with Crippen LogP contribution in [0, 0.1) is 10.1 Å². The Morgan fingerprint density at radius 3 is 2.15 bits per heavy atom. The minimum Gasteiger partial charge on any atom is -0.493 e. The van der Waals surface area contributed by atoms with E-state index >= 15 is 0 Å². The highest BCUT2D eigenvalue weighted by Crippen LogP contribution is 2.41. The number of fused-ring (bicyclic) bond motifs is 1. The van der Waals surface area contributed by atoms with Crippen molar-refractivity contribution >= 4 is 28.2 Å². The summed E-state index contributed by atoms with van der Waals surface area (Å²) in [4.78, 5) is 28.4. The molecule has 9 nitrogen and oxygen atoms in total. The maximum atomic E-state index is 13.2. The largest absolute Gasteiger partial charge is 0.493 e. The quantitative estimate of drug-likeness (QED) is 0.303. The number of aromatic nitrogens is 1. The molecule has 1 amide bonds. The van der Waals surface area contributed by atoms with E-state index in [4.69, 9.17) is 19.2 Å². The Morgan fingerprint density at radius 2 is 1.56 bits per heavy atom. The predicted octanol–water partition coefficient (Wildman–Crippen LogP) is 5.09. The van der Waals surface area contributed by atoms with Crippen molar-refractivity contribution in [2.75, 3.05) is 26.6 Å². The summed E-state index contributed by atoms with van der Waals surface area (Å²) in [6.45, 7) is 0. The zero-order valence-corrected chi connectivity index (χ0v) is 18.7. The van der Waals surface area contributed by atoms with E-state index in [9.17, 15) is 14.9 Å². The number of nitro benzene ring substituents is 1. The number of rotatable bonds is 7. The van der Waals surface area contributed by atoms with Gasteiger partial charge < -0.3 is 19.5 Å². The third-order valence-corrected chi connectivity index (χ3v) is 5.26. The summed E-state index contributed by atoms with van der Waals surface area (Å²) >= 11 is 0. The van der Waals surface area contributed by atoms with Crippen molar-refractivity contribution in [1.29, 1.82) is 0 Å². The second-order valence-corrected chi connectivity index (χ2v) is 7.24. The van der Waals surface area contributed by atoms with Crippen molar-refractivity contribution in [3.8, 4) is 28.5 Å². The van der Waals surface area contributed by atoms with Crippen LogP contribution in [0.2, 0.25) is 0 Å². The first kappa shape index (κ1) is 22.5. The molecule has 0 atom stereocenters. The number of non-ortho nitro benzene ring substituents is 1. The zero-order valence-electron chi connectivity index (χ0n) is 18.7. The standard InChI is InChI=1S/C25H21N3O6/c1-32-22-12-15(13-23(33-2)24(22)34-3)21-14-19(18-6-4-5-7-20(18)27-21)25(29)26-16-8-10-17(11-9-16)28(30)31/h4-14H,1-3H3,(H,26,29). The van der Waals surface area contributed by atoms with Crippen molar-refractivity contribution in [2.45, 2.75) is 0 Å². The minimum absolute atomic E-state index is 0.0583. The molecule has 0 unspecified atom stereocenters. The maximum absolute atomic E-state index is 13.2. The van der Waals surface area contributed by atoms with Gasteiger partial charge in [0, 0.05) is 28.8 Å². The van der Waals surface area contributed by atoms with Crippen LogP contribution < -0.4 is 19.5 Å². The number of ether oxygens (including phenoxy) is 3. The number of para-hydroxylation sites is 1. The lowest BCUT2D eigenvalue weighted by Crippen LogP contribution is -2.13. The number of hydrogen-bond acceptors (Lipinski definition) is 7. The fourth-order valence-electron chi connectivity index (χ4n) is 3.61. The first-order chi connectivity index (χ1) is 16.4. The van der Waals surface area contributed by atoms with Crippen molar-refractivity contribution in [3.05, 3.63) is 82.4 Å². The van der Waals surface area contributed by atoms with Gasteiger partial charge in [-0.3, -0.25) is 14.9 Å². The summed E-state index contributed by atoms with van der Waals surface area (Å²) < 4.78 is 16.3. The molecule has 0 aliphatic carbocycles. The Morgan fingerprint density at radius 1 is 0.912 bits per heavy atom. The van der Waals surface area contributed by atoms with Crippen LogP contribution in [0.25, 0.3) is 22.2 Å². The molecule has 0 aliphatic rings. The van der Waals surface area contributed by atoms with Gasteiger partial charge in [-0.15, -0.1) is 0 Å². The monoisotopic (exact) mass is 459 g/mol. The Hall–Kier alpha value is -4.66. The number of methoxy groups -OCH3 is 3. The third-order valence-electron chi connectivity index (χ3n) is 5.26. The smallest absolute Gasteiger partial charge is 0.269 e. The van der Waals surface area contributed by atoms with Crippen LogP contribution in [0.3, 0.4) is 0 Å². The normalized spacial score (nSPS) is 10.6. The van der Waals surface area contributed by atoms with Crippen molar-refractivity contribution in [2.24, 2.45) is 0 Å². The minimum atomic E-state index is -0.494. The molecular formula is C25H21N3O6. The Balaban J connectivity index is 1.80. The van der Waals surface area contributed by atoms with E-state index in [1.807, 2.05) is 24.3 Å². The van der Waals surface area contributed by atoms with Crippen LogP contribution in [0.4, 0.5) is 11.4 Å². The van der Waals surface area contributed by atoms with Gasteiger partial charge in [-0.25, -0.2) is 4.98 Å². The summed E-state index contributed by atoms with van der Waals surface area (Å²) in [6.07, 6.45) is 0. The Kier molecular flexibility index (Phi) is 6.26. The van der Waals surface area contributed by atoms with Crippen LogP contribution in [0.15, 0.2) is 66.7 Å². The molecule has 9 heteroatoms. The predicted molar refractivity (Wildman–Crippen MR) is 128 cm³/mol. The summed E-state index contributed by atoms with van der Waals surface area (Å²) in [5.41, 5.74) is 2.61. The molecule has 0 saturated heterocycles. The van der Waals surface area contributed by atoms with Crippen molar-refractivity contribution < 1.29 is 23.9 Å². The highest BCUT2D eigenvalue weighted by Gasteiger charge is 2.18. The topological polar surface area (TPSA) is 113 Å². The van der Waals surface area contributed by atoms with E-state index in [-0.39, 0.29) is 11.6 Å². The van der Waals surface area contributed by atoms with Crippen LogP contribution in [0.5, 0.6) is 17.2 Å². The second kappa shape index (κ2) is 9.45. The number of carbonyl (C=O) groups excluding carboxylic acids is 1. The van der Waals surface area contributed by atoms with Crippen molar-refractivity contribution in [1.82, 2.24) is 4.98 Å². The fraction of sp³-hybridized carbons (Fsp3) is 0.120. The highest BCUT2D eigenvalue weighted by molar-refractivity contribution is 6.13. The van der Waals surface area contributed by atoms with E-state index in [0.717, 1.165) is 0 Å². The van der Waals surface area contributed by atoms with Crippen LogP contribution in [-0.4, -0.2) is 37.1 Å². The van der Waals surface area contributed by atoms with Gasteiger partial charge in [0.05, 0.1) is 43.0 Å². The van der Waals surface area contributed by atoms with E-state index in [1.54, 1.807) is 18.2 Å². The molecule has 1 aromatic heterocycles. The Bertz CT molecular complexity index is 1360. The number of benzene rings is 3. The number of amides is 1. The van der Waals surface area contributed by atoms with Gasteiger partial charge in [-0.2, -0.15) is 0 Å². The summed E-state index contributed by atoms with van der Waals surface area (Å²) in [6, 6.07) is 18.1. The lowest BCUT2D eigenvalue weighted by molar-refractivity contribution is -0.384. The van der Waals surface area contributed by atoms with Crippen molar-refractivity contribution in [3.63, 3.8) is 0 Å². The number of carbonyl (C=O) groups is 1. The molecule has 0 bridgehead atoms. The molecule has 34 heavy (non-hydrogen) atoms. The van der Waals surface area contributed by atoms with Crippen LogP contribution in [-0.2, 0) is 0 Å². The van der Waals surface area contributed by atoms with Gasteiger partial charge in [0.25, 0.3) is 11.6 Å². The number of hydrogen-bond donors (Lipinski definition) is 1. The lowest BCUT2D eigenvalue weighted by atomic mass is 10.0. The van der Waals surface area contributed by atoms with Gasteiger partial charge in [0.15, 0.2) is 11.5 Å². The first-order valence-corrected chi connectivity index (χ1v) is 10.2. The number of nitrogens with one attached hydrogen (secondary N) is 1. The molecule has 4 aromatic rings. The van der Waals surface area contributed by atoms with Crippen LogP contribution >= 0.6 is 0 Å². The molecule has 0 spiro atoms. The molecule has 172 valence electrons. The van der Waals surface area contributed by atoms with Gasteiger partial charge in [-0.05, 0) is 36.4 Å². The van der Waals surface area contributed by atoms with E-state index in [2.05, 4.69) is 5.32 Å². The second-order valence-electron chi connectivity index (χ2n) is 7.24. The SMILES string of the molecule is COc1cc(-c2cc(C(=O)Nc3ccc([N+](=O)[O-])cc3)c3ccccc3n2)cc(OC)c1OC. The van der Waals surface area contributed by atoms with E-state index in [1.165, 1.54) is 45.6 Å². The number of pyridine rings is 1. The molecule has 0 saturated carbocycles. The zero-order chi connectivity index (χ0) is 24.2. The van der Waals surface area contributed by atoms with E-state index < -0.39 is 4.92 Å². The molecule has 3 aromatic carbocycles. The maximum Gasteiger partial charge on any atom is 0.269 e. The molecule has 4 rings (SSSR count). The molecule has 0 radical (unpaired) electrons. The highest BCUT2D eigenvalue weighted by atomic mass is 16.6. The van der Waals surface area contributed by atoms with E-state index in [0.29, 0.717) is 50.7 Å². The molecular weight excluding hydrogens is 438 g/mol. The molecule has 1 N–H and O–H groups in total.